The predicted octanol–water partition coefficient (Wildman–Crippen LogP) is 6.49. The Labute approximate surface area is 162 Å². The molecule has 0 atom stereocenters. The molecular formula is C25H26O2. The molecule has 2 nitrogen and oxygen atoms in total. The fourth-order valence-electron chi connectivity index (χ4n) is 2.85. The monoisotopic (exact) mass is 358 g/mol. The minimum atomic E-state index is 0.531. The Balaban J connectivity index is 1.77. The molecule has 3 rings (SSSR count). The third kappa shape index (κ3) is 5.01. The molecule has 0 radical (unpaired) electrons. The van der Waals surface area contributed by atoms with E-state index in [1.165, 1.54) is 22.3 Å². The minimum absolute atomic E-state index is 0.531. The fourth-order valence-corrected chi connectivity index (χ4v) is 2.85. The van der Waals surface area contributed by atoms with Crippen LogP contribution in [0.25, 0.3) is 5.57 Å². The second-order valence-electron chi connectivity index (χ2n) is 6.90. The average Bonchev–Trinajstić information content (AvgIpc) is 2.66. The molecule has 138 valence electrons. The number of aryl methyl sites for hydroxylation is 2. The standard InChI is InChI=1S/C25H26O2/c1-18(2)23-13-24(26-16-21-11-7-5-9-19(21)3)15-25(14-23)27-17-22-12-8-6-10-20(22)4/h5-15H,1,16-17H2,2-4H3. The maximum Gasteiger partial charge on any atom is 0.124 e. The van der Waals surface area contributed by atoms with Crippen LogP contribution in [0.3, 0.4) is 0 Å². The van der Waals surface area contributed by atoms with Gasteiger partial charge in [-0.25, -0.2) is 0 Å². The van der Waals surface area contributed by atoms with Crippen molar-refractivity contribution >= 4 is 5.57 Å². The molecule has 0 aliphatic carbocycles. The predicted molar refractivity (Wildman–Crippen MR) is 112 cm³/mol. The van der Waals surface area contributed by atoms with E-state index in [9.17, 15) is 0 Å². The van der Waals surface area contributed by atoms with Gasteiger partial charge in [0.25, 0.3) is 0 Å². The number of ether oxygens (including phenoxy) is 2. The van der Waals surface area contributed by atoms with Crippen LogP contribution in [-0.4, -0.2) is 0 Å². The molecule has 0 aliphatic heterocycles. The molecule has 0 aliphatic rings. The molecule has 3 aromatic rings. The van der Waals surface area contributed by atoms with Crippen LogP contribution in [-0.2, 0) is 13.2 Å². The normalized spacial score (nSPS) is 10.5. The van der Waals surface area contributed by atoms with E-state index in [4.69, 9.17) is 9.47 Å². The smallest absolute Gasteiger partial charge is 0.124 e. The molecule has 0 spiro atoms. The quantitative estimate of drug-likeness (QED) is 0.480. The van der Waals surface area contributed by atoms with Crippen LogP contribution in [0.5, 0.6) is 11.5 Å². The van der Waals surface area contributed by atoms with Crippen molar-refractivity contribution < 1.29 is 9.47 Å². The van der Waals surface area contributed by atoms with Crippen molar-refractivity contribution in [3.8, 4) is 11.5 Å². The van der Waals surface area contributed by atoms with Crippen LogP contribution < -0.4 is 9.47 Å². The van der Waals surface area contributed by atoms with E-state index < -0.39 is 0 Å². The molecule has 0 aromatic heterocycles. The first kappa shape index (κ1) is 18.8. The first-order valence-corrected chi connectivity index (χ1v) is 9.18. The maximum absolute atomic E-state index is 6.06. The topological polar surface area (TPSA) is 18.5 Å². The Morgan fingerprint density at radius 1 is 0.741 bits per heavy atom. The summed E-state index contributed by atoms with van der Waals surface area (Å²) < 4.78 is 12.1. The number of benzene rings is 3. The highest BCUT2D eigenvalue weighted by molar-refractivity contribution is 5.64. The van der Waals surface area contributed by atoms with Gasteiger partial charge in [0.05, 0.1) is 0 Å². The Morgan fingerprint density at radius 3 is 1.59 bits per heavy atom. The fraction of sp³-hybridized carbons (Fsp3) is 0.200. The van der Waals surface area contributed by atoms with Crippen LogP contribution in [0.1, 0.15) is 34.7 Å². The van der Waals surface area contributed by atoms with Crippen molar-refractivity contribution in [1.82, 2.24) is 0 Å². The van der Waals surface area contributed by atoms with E-state index in [2.05, 4.69) is 44.7 Å². The molecular weight excluding hydrogens is 332 g/mol. The van der Waals surface area contributed by atoms with Crippen molar-refractivity contribution in [2.75, 3.05) is 0 Å². The lowest BCUT2D eigenvalue weighted by Gasteiger charge is -2.14. The van der Waals surface area contributed by atoms with Gasteiger partial charge >= 0.3 is 0 Å². The number of hydrogen-bond acceptors (Lipinski definition) is 2. The van der Waals surface area contributed by atoms with Gasteiger partial charge in [-0.05, 0) is 60.7 Å². The molecule has 0 unspecified atom stereocenters. The summed E-state index contributed by atoms with van der Waals surface area (Å²) in [5, 5.41) is 0. The van der Waals surface area contributed by atoms with Crippen LogP contribution in [0.15, 0.2) is 73.3 Å². The van der Waals surface area contributed by atoms with Crippen LogP contribution in [0.2, 0.25) is 0 Å². The molecule has 3 aromatic carbocycles. The number of allylic oxidation sites excluding steroid dienone is 1. The summed E-state index contributed by atoms with van der Waals surface area (Å²) in [5.41, 5.74) is 6.82. The van der Waals surface area contributed by atoms with Gasteiger partial charge in [-0.15, -0.1) is 0 Å². The summed E-state index contributed by atoms with van der Waals surface area (Å²) in [6.45, 7) is 11.3. The van der Waals surface area contributed by atoms with Crippen molar-refractivity contribution in [3.05, 3.63) is 101 Å². The summed E-state index contributed by atoms with van der Waals surface area (Å²) in [6.07, 6.45) is 0. The van der Waals surface area contributed by atoms with E-state index in [-0.39, 0.29) is 0 Å². The van der Waals surface area contributed by atoms with Gasteiger partial charge in [0.2, 0.25) is 0 Å². The van der Waals surface area contributed by atoms with E-state index in [1.807, 2.05) is 49.4 Å². The van der Waals surface area contributed by atoms with E-state index in [0.29, 0.717) is 13.2 Å². The van der Waals surface area contributed by atoms with Crippen molar-refractivity contribution in [2.45, 2.75) is 34.0 Å². The van der Waals surface area contributed by atoms with Crippen LogP contribution in [0.4, 0.5) is 0 Å². The van der Waals surface area contributed by atoms with Gasteiger partial charge in [-0.1, -0.05) is 60.7 Å². The Kier molecular flexibility index (Phi) is 5.97. The largest absolute Gasteiger partial charge is 0.489 e. The summed E-state index contributed by atoms with van der Waals surface area (Å²) in [6, 6.07) is 22.5. The lowest BCUT2D eigenvalue weighted by atomic mass is 10.1. The minimum Gasteiger partial charge on any atom is -0.489 e. The van der Waals surface area contributed by atoms with Gasteiger partial charge in [0, 0.05) is 6.07 Å². The van der Waals surface area contributed by atoms with E-state index >= 15 is 0 Å². The van der Waals surface area contributed by atoms with Crippen molar-refractivity contribution in [2.24, 2.45) is 0 Å². The zero-order valence-corrected chi connectivity index (χ0v) is 16.3. The van der Waals surface area contributed by atoms with Gasteiger partial charge in [0.1, 0.15) is 24.7 Å². The third-order valence-electron chi connectivity index (χ3n) is 4.68. The SMILES string of the molecule is C=C(C)c1cc(OCc2ccccc2C)cc(OCc2ccccc2C)c1. The Bertz CT molecular complexity index is 873. The second-order valence-corrected chi connectivity index (χ2v) is 6.90. The molecule has 0 fully saturated rings. The first-order valence-electron chi connectivity index (χ1n) is 9.18. The van der Waals surface area contributed by atoms with Crippen LogP contribution >= 0.6 is 0 Å². The van der Waals surface area contributed by atoms with Crippen molar-refractivity contribution in [3.63, 3.8) is 0 Å². The average molecular weight is 358 g/mol. The third-order valence-corrected chi connectivity index (χ3v) is 4.68. The zero-order valence-electron chi connectivity index (χ0n) is 16.3. The summed E-state index contributed by atoms with van der Waals surface area (Å²) in [5.74, 6) is 1.58. The highest BCUT2D eigenvalue weighted by Gasteiger charge is 2.07. The maximum atomic E-state index is 6.06. The molecule has 0 heterocycles. The first-order chi connectivity index (χ1) is 13.0. The number of rotatable bonds is 7. The van der Waals surface area contributed by atoms with Gasteiger partial charge in [0.15, 0.2) is 0 Å². The molecule has 0 saturated heterocycles. The highest BCUT2D eigenvalue weighted by atomic mass is 16.5. The molecule has 0 bridgehead atoms. The zero-order chi connectivity index (χ0) is 19.2. The molecule has 2 heteroatoms. The van der Waals surface area contributed by atoms with Gasteiger partial charge < -0.3 is 9.47 Å². The number of hydrogen-bond donors (Lipinski definition) is 0. The summed E-state index contributed by atoms with van der Waals surface area (Å²) in [7, 11) is 0. The van der Waals surface area contributed by atoms with Crippen LogP contribution in [0, 0.1) is 13.8 Å². The van der Waals surface area contributed by atoms with Crippen molar-refractivity contribution in [1.29, 1.82) is 0 Å². The molecule has 0 amide bonds. The van der Waals surface area contributed by atoms with Gasteiger partial charge in [-0.2, -0.15) is 0 Å². The van der Waals surface area contributed by atoms with E-state index in [0.717, 1.165) is 22.6 Å². The highest BCUT2D eigenvalue weighted by Crippen LogP contribution is 2.28. The Morgan fingerprint density at radius 2 is 1.19 bits per heavy atom. The van der Waals surface area contributed by atoms with E-state index in [1.54, 1.807) is 0 Å². The Hall–Kier alpha value is -3.00. The summed E-state index contributed by atoms with van der Waals surface area (Å²) >= 11 is 0. The molecule has 0 saturated carbocycles. The van der Waals surface area contributed by atoms with Gasteiger partial charge in [-0.3, -0.25) is 0 Å². The summed E-state index contributed by atoms with van der Waals surface area (Å²) in [4.78, 5) is 0. The lowest BCUT2D eigenvalue weighted by molar-refractivity contribution is 0.289. The second kappa shape index (κ2) is 8.59. The molecule has 0 N–H and O–H groups in total. The lowest BCUT2D eigenvalue weighted by Crippen LogP contribution is -2.01. The molecule has 27 heavy (non-hydrogen) atoms.